The molecule has 6 nitrogen and oxygen atoms in total. The first-order valence-electron chi connectivity index (χ1n) is 10.6. The smallest absolute Gasteiger partial charge is 0.300 e. The summed E-state index contributed by atoms with van der Waals surface area (Å²) in [6, 6.07) is 14.6. The Bertz CT molecular complexity index is 1270. The van der Waals surface area contributed by atoms with E-state index in [0.717, 1.165) is 11.1 Å². The van der Waals surface area contributed by atoms with Gasteiger partial charge in [0.1, 0.15) is 17.6 Å². The topological polar surface area (TPSA) is 79.7 Å². The second kappa shape index (κ2) is 9.08. The summed E-state index contributed by atoms with van der Waals surface area (Å²) in [4.78, 5) is 32.3. The van der Waals surface area contributed by atoms with Crippen LogP contribution in [0.4, 0.5) is 5.69 Å². The van der Waals surface area contributed by atoms with Gasteiger partial charge in [0.2, 0.25) is 0 Å². The summed E-state index contributed by atoms with van der Waals surface area (Å²) >= 11 is 6.36. The Hall–Kier alpha value is -3.64. The Labute approximate surface area is 197 Å². The molecule has 1 N–H and O–H groups in total. The van der Waals surface area contributed by atoms with Crippen LogP contribution in [0.15, 0.2) is 66.4 Å². The van der Waals surface area contributed by atoms with Crippen molar-refractivity contribution in [2.75, 3.05) is 11.5 Å². The first-order chi connectivity index (χ1) is 15.8. The number of aryl methyl sites for hydroxylation is 2. The highest BCUT2D eigenvalue weighted by Crippen LogP contribution is 2.43. The van der Waals surface area contributed by atoms with Gasteiger partial charge in [0.25, 0.3) is 11.7 Å². The fourth-order valence-electron chi connectivity index (χ4n) is 3.88. The largest absolute Gasteiger partial charge is 0.507 e. The maximum atomic E-state index is 13.3. The molecule has 1 fully saturated rings. The number of nitrogens with zero attached hydrogens (tertiary/aromatic N) is 2. The number of aromatic nitrogens is 1. The van der Waals surface area contributed by atoms with E-state index in [1.54, 1.807) is 48.7 Å². The van der Waals surface area contributed by atoms with Crippen LogP contribution in [0.5, 0.6) is 5.75 Å². The van der Waals surface area contributed by atoms with Gasteiger partial charge in [-0.2, -0.15) is 0 Å². The van der Waals surface area contributed by atoms with Crippen molar-refractivity contribution < 1.29 is 19.4 Å². The number of hydrogen-bond acceptors (Lipinski definition) is 5. The molecule has 0 radical (unpaired) electrons. The first-order valence-corrected chi connectivity index (χ1v) is 10.9. The minimum absolute atomic E-state index is 0.0764. The molecule has 4 rings (SSSR count). The van der Waals surface area contributed by atoms with Crippen LogP contribution in [0.2, 0.25) is 5.02 Å². The van der Waals surface area contributed by atoms with Gasteiger partial charge in [0.15, 0.2) is 0 Å². The fraction of sp³-hybridized carbons (Fsp3) is 0.192. The first kappa shape index (κ1) is 22.6. The molecule has 2 heterocycles. The third-order valence-corrected chi connectivity index (χ3v) is 6.01. The average molecular weight is 463 g/mol. The maximum absolute atomic E-state index is 13.3. The number of carbonyl (C=O) groups excluding carboxylic acids is 2. The molecule has 168 valence electrons. The van der Waals surface area contributed by atoms with Crippen molar-refractivity contribution in [2.45, 2.75) is 26.8 Å². The lowest BCUT2D eigenvalue weighted by Gasteiger charge is -2.25. The molecule has 7 heteroatoms. The van der Waals surface area contributed by atoms with Crippen LogP contribution < -0.4 is 9.64 Å². The summed E-state index contributed by atoms with van der Waals surface area (Å²) in [5, 5.41) is 11.5. The molecule has 0 saturated carbocycles. The van der Waals surface area contributed by atoms with E-state index in [9.17, 15) is 14.7 Å². The van der Waals surface area contributed by atoms with Gasteiger partial charge in [0.05, 0.1) is 22.9 Å². The van der Waals surface area contributed by atoms with Gasteiger partial charge in [-0.3, -0.25) is 19.5 Å². The van der Waals surface area contributed by atoms with Crippen molar-refractivity contribution in [1.29, 1.82) is 0 Å². The number of rotatable bonds is 5. The quantitative estimate of drug-likeness (QED) is 0.313. The van der Waals surface area contributed by atoms with Gasteiger partial charge in [-0.1, -0.05) is 23.7 Å². The lowest BCUT2D eigenvalue weighted by atomic mass is 9.97. The van der Waals surface area contributed by atoms with Crippen molar-refractivity contribution >= 4 is 34.7 Å². The fourth-order valence-corrected chi connectivity index (χ4v) is 4.09. The molecule has 0 aliphatic carbocycles. The average Bonchev–Trinajstić information content (AvgIpc) is 3.08. The van der Waals surface area contributed by atoms with Crippen LogP contribution in [0.1, 0.15) is 35.3 Å². The van der Waals surface area contributed by atoms with E-state index in [0.29, 0.717) is 23.7 Å². The molecule has 1 aliphatic heterocycles. The normalized spacial score (nSPS) is 17.5. The molecule has 1 amide bonds. The molecule has 0 bridgehead atoms. The molecule has 1 unspecified atom stereocenters. The van der Waals surface area contributed by atoms with E-state index in [-0.39, 0.29) is 21.9 Å². The van der Waals surface area contributed by atoms with Crippen LogP contribution in [-0.2, 0) is 9.59 Å². The number of pyridine rings is 1. The molecule has 3 aromatic rings. The highest BCUT2D eigenvalue weighted by atomic mass is 35.5. The number of carbonyl (C=O) groups is 2. The molecule has 33 heavy (non-hydrogen) atoms. The monoisotopic (exact) mass is 462 g/mol. The Morgan fingerprint density at radius 1 is 1.09 bits per heavy atom. The Morgan fingerprint density at radius 3 is 2.55 bits per heavy atom. The standard InChI is InChI=1S/C26H23ClN2O4/c1-4-33-18-10-11-20(27)19(14-18)24(30)22-23(21-7-5-6-12-28-21)29(26(32)25(22)31)17-9-8-15(2)16(3)13-17/h5-14,23,30H,4H2,1-3H3/b24-22+. The van der Waals surface area contributed by atoms with Crippen LogP contribution in [-0.4, -0.2) is 28.4 Å². The summed E-state index contributed by atoms with van der Waals surface area (Å²) in [6.45, 7) is 6.16. The molecular formula is C26H23ClN2O4. The van der Waals surface area contributed by atoms with Gasteiger partial charge in [0, 0.05) is 17.4 Å². The summed E-state index contributed by atoms with van der Waals surface area (Å²) in [6.07, 6.45) is 1.58. The van der Waals surface area contributed by atoms with Crippen molar-refractivity contribution in [3.63, 3.8) is 0 Å². The van der Waals surface area contributed by atoms with Crippen LogP contribution in [0, 0.1) is 13.8 Å². The number of ketones is 1. The van der Waals surface area contributed by atoms with E-state index in [2.05, 4.69) is 4.98 Å². The van der Waals surface area contributed by atoms with Gasteiger partial charge in [-0.15, -0.1) is 0 Å². The van der Waals surface area contributed by atoms with E-state index in [1.165, 1.54) is 4.90 Å². The highest BCUT2D eigenvalue weighted by Gasteiger charge is 2.47. The summed E-state index contributed by atoms with van der Waals surface area (Å²) in [5.74, 6) is -1.44. The van der Waals surface area contributed by atoms with Crippen molar-refractivity contribution in [3.8, 4) is 5.75 Å². The molecule has 0 spiro atoms. The highest BCUT2D eigenvalue weighted by molar-refractivity contribution is 6.52. The molecule has 1 atom stereocenters. The van der Waals surface area contributed by atoms with Crippen molar-refractivity contribution in [2.24, 2.45) is 0 Å². The van der Waals surface area contributed by atoms with Gasteiger partial charge in [-0.25, -0.2) is 0 Å². The minimum atomic E-state index is -0.917. The van der Waals surface area contributed by atoms with E-state index >= 15 is 0 Å². The third kappa shape index (κ3) is 4.10. The maximum Gasteiger partial charge on any atom is 0.300 e. The third-order valence-electron chi connectivity index (χ3n) is 5.68. The lowest BCUT2D eigenvalue weighted by Crippen LogP contribution is -2.29. The number of anilines is 1. The number of hydrogen-bond donors (Lipinski definition) is 1. The number of benzene rings is 2. The molecule has 2 aromatic carbocycles. The van der Waals surface area contributed by atoms with Gasteiger partial charge >= 0.3 is 0 Å². The second-order valence-corrected chi connectivity index (χ2v) is 8.17. The van der Waals surface area contributed by atoms with E-state index in [4.69, 9.17) is 16.3 Å². The summed E-state index contributed by atoms with van der Waals surface area (Å²) < 4.78 is 5.52. The predicted molar refractivity (Wildman–Crippen MR) is 128 cm³/mol. The van der Waals surface area contributed by atoms with Crippen LogP contribution in [0.25, 0.3) is 5.76 Å². The Kier molecular flexibility index (Phi) is 6.20. The Balaban J connectivity index is 1.95. The number of Topliss-reactive ketones (excluding diaryl/α,β-unsaturated/α-hetero) is 1. The predicted octanol–water partition coefficient (Wildman–Crippen LogP) is 5.38. The zero-order chi connectivity index (χ0) is 23.7. The van der Waals surface area contributed by atoms with Crippen molar-refractivity contribution in [1.82, 2.24) is 4.98 Å². The Morgan fingerprint density at radius 2 is 1.88 bits per heavy atom. The zero-order valence-electron chi connectivity index (χ0n) is 18.5. The van der Waals surface area contributed by atoms with Gasteiger partial charge in [-0.05, 0) is 74.4 Å². The minimum Gasteiger partial charge on any atom is -0.507 e. The number of aliphatic hydroxyl groups excluding tert-OH is 1. The molecule has 1 aromatic heterocycles. The summed E-state index contributed by atoms with van der Waals surface area (Å²) in [7, 11) is 0. The molecule has 1 aliphatic rings. The number of aliphatic hydroxyl groups is 1. The number of ether oxygens (including phenoxy) is 1. The second-order valence-electron chi connectivity index (χ2n) is 7.77. The number of amides is 1. The summed E-state index contributed by atoms with van der Waals surface area (Å²) in [5.41, 5.74) is 3.16. The van der Waals surface area contributed by atoms with Crippen molar-refractivity contribution in [3.05, 3.63) is 93.8 Å². The molecular weight excluding hydrogens is 440 g/mol. The molecule has 1 saturated heterocycles. The van der Waals surface area contributed by atoms with Crippen LogP contribution in [0.3, 0.4) is 0 Å². The SMILES string of the molecule is CCOc1ccc(Cl)c(/C(O)=C2\C(=O)C(=O)N(c3ccc(C)c(C)c3)C2c2ccccn2)c1. The zero-order valence-corrected chi connectivity index (χ0v) is 19.3. The number of halogens is 1. The van der Waals surface area contributed by atoms with E-state index in [1.807, 2.05) is 32.9 Å². The van der Waals surface area contributed by atoms with E-state index < -0.39 is 17.7 Å². The van der Waals surface area contributed by atoms with Gasteiger partial charge < -0.3 is 9.84 Å². The van der Waals surface area contributed by atoms with Crippen LogP contribution >= 0.6 is 11.6 Å². The lowest BCUT2D eigenvalue weighted by molar-refractivity contribution is -0.132.